The minimum absolute atomic E-state index is 0.00976. The Bertz CT molecular complexity index is 787. The quantitative estimate of drug-likeness (QED) is 0.841. The molecule has 0 bridgehead atoms. The molecule has 25 heavy (non-hydrogen) atoms. The Morgan fingerprint density at radius 2 is 1.96 bits per heavy atom. The van der Waals surface area contributed by atoms with Gasteiger partial charge in [-0.2, -0.15) is 5.10 Å². The van der Waals surface area contributed by atoms with Crippen LogP contribution in [0.15, 0.2) is 24.3 Å². The number of aromatic nitrogens is 2. The summed E-state index contributed by atoms with van der Waals surface area (Å²) in [6.07, 6.45) is -1.94. The fourth-order valence-corrected chi connectivity index (χ4v) is 2.23. The number of alkyl halides is 2. The summed E-state index contributed by atoms with van der Waals surface area (Å²) in [5, 5.41) is 9.02. The van der Waals surface area contributed by atoms with Crippen LogP contribution in [-0.2, 0) is 7.05 Å². The maximum absolute atomic E-state index is 12.7. The highest BCUT2D eigenvalue weighted by Crippen LogP contribution is 2.21. The first-order valence-electron chi connectivity index (χ1n) is 7.85. The lowest BCUT2D eigenvalue weighted by molar-refractivity contribution is 0.0952. The predicted octanol–water partition coefficient (Wildman–Crippen LogP) is 3.06. The number of nitrogens with zero attached hydrogens (tertiary/aromatic N) is 2. The third-order valence-corrected chi connectivity index (χ3v) is 3.64. The fourth-order valence-electron chi connectivity index (χ4n) is 2.23. The highest BCUT2D eigenvalue weighted by atomic mass is 19.3. The van der Waals surface area contributed by atoms with Crippen LogP contribution in [0.5, 0.6) is 0 Å². The second-order valence-electron chi connectivity index (χ2n) is 5.62. The zero-order chi connectivity index (χ0) is 18.6. The van der Waals surface area contributed by atoms with E-state index in [2.05, 4.69) is 15.7 Å². The number of rotatable bonds is 6. The molecule has 2 aromatic rings. The van der Waals surface area contributed by atoms with Crippen LogP contribution in [0.25, 0.3) is 0 Å². The molecule has 0 aliphatic rings. The number of amides is 2. The summed E-state index contributed by atoms with van der Waals surface area (Å²) >= 11 is 0. The molecule has 0 radical (unpaired) electrons. The average Bonchev–Trinajstić information content (AvgIpc) is 2.96. The molecule has 1 aromatic carbocycles. The van der Waals surface area contributed by atoms with Gasteiger partial charge in [0.25, 0.3) is 18.2 Å². The van der Waals surface area contributed by atoms with Crippen molar-refractivity contribution in [1.82, 2.24) is 15.1 Å². The second kappa shape index (κ2) is 7.87. The van der Waals surface area contributed by atoms with Crippen molar-refractivity contribution in [2.24, 2.45) is 7.05 Å². The van der Waals surface area contributed by atoms with Crippen LogP contribution in [0.3, 0.4) is 0 Å². The van der Waals surface area contributed by atoms with Crippen molar-refractivity contribution in [3.8, 4) is 0 Å². The number of benzene rings is 1. The summed E-state index contributed by atoms with van der Waals surface area (Å²) in [6, 6.07) is 5.98. The number of halogens is 2. The molecule has 0 fully saturated rings. The van der Waals surface area contributed by atoms with Crippen LogP contribution in [-0.4, -0.2) is 28.1 Å². The Balaban J connectivity index is 2.21. The Kier molecular flexibility index (Phi) is 5.84. The van der Waals surface area contributed by atoms with E-state index >= 15 is 0 Å². The summed E-state index contributed by atoms with van der Waals surface area (Å²) in [4.78, 5) is 24.4. The third-order valence-electron chi connectivity index (χ3n) is 3.64. The zero-order valence-corrected chi connectivity index (χ0v) is 14.3. The van der Waals surface area contributed by atoms with Gasteiger partial charge in [-0.25, -0.2) is 8.78 Å². The molecule has 0 atom stereocenters. The smallest absolute Gasteiger partial charge is 0.282 e. The van der Waals surface area contributed by atoms with Gasteiger partial charge in [-0.15, -0.1) is 0 Å². The minimum Gasteiger partial charge on any atom is -0.352 e. The zero-order valence-electron chi connectivity index (χ0n) is 14.3. The van der Waals surface area contributed by atoms with Gasteiger partial charge in [0.1, 0.15) is 11.4 Å². The molecule has 0 spiro atoms. The largest absolute Gasteiger partial charge is 0.352 e. The van der Waals surface area contributed by atoms with Gasteiger partial charge in [0.05, 0.1) is 0 Å². The standard InChI is InChI=1S/C17H20F2N4O2/c1-4-7-20-16(24)11-6-5-10(2)12(8-11)21-17(25)14-9-13(15(18)19)22-23(14)3/h5-6,8-9,15H,4,7H2,1-3H3,(H,20,24)(H,21,25). The molecule has 2 amide bonds. The Morgan fingerprint density at radius 1 is 1.24 bits per heavy atom. The summed E-state index contributed by atoms with van der Waals surface area (Å²) in [5.74, 6) is -0.811. The van der Waals surface area contributed by atoms with E-state index < -0.39 is 18.0 Å². The molecule has 0 saturated heterocycles. The van der Waals surface area contributed by atoms with E-state index in [0.29, 0.717) is 17.8 Å². The Labute approximate surface area is 144 Å². The molecule has 2 N–H and O–H groups in total. The lowest BCUT2D eigenvalue weighted by Gasteiger charge is -2.11. The van der Waals surface area contributed by atoms with Crippen molar-refractivity contribution in [3.63, 3.8) is 0 Å². The number of nitrogens with one attached hydrogen (secondary N) is 2. The summed E-state index contributed by atoms with van der Waals surface area (Å²) in [7, 11) is 1.42. The van der Waals surface area contributed by atoms with Gasteiger partial charge in [0, 0.05) is 24.8 Å². The fraction of sp³-hybridized carbons (Fsp3) is 0.353. The van der Waals surface area contributed by atoms with Crippen molar-refractivity contribution in [3.05, 3.63) is 46.8 Å². The van der Waals surface area contributed by atoms with Crippen LogP contribution in [0, 0.1) is 6.92 Å². The SMILES string of the molecule is CCCNC(=O)c1ccc(C)c(NC(=O)c2cc(C(F)F)nn2C)c1. The van der Waals surface area contributed by atoms with Crippen LogP contribution >= 0.6 is 0 Å². The van der Waals surface area contributed by atoms with Gasteiger partial charge in [-0.3, -0.25) is 14.3 Å². The van der Waals surface area contributed by atoms with Crippen LogP contribution < -0.4 is 10.6 Å². The minimum atomic E-state index is -2.75. The van der Waals surface area contributed by atoms with Crippen LogP contribution in [0.2, 0.25) is 0 Å². The maximum Gasteiger partial charge on any atom is 0.282 e. The molecule has 8 heteroatoms. The first kappa shape index (κ1) is 18.6. The summed E-state index contributed by atoms with van der Waals surface area (Å²) in [5.41, 5.74) is 1.14. The van der Waals surface area contributed by atoms with Gasteiger partial charge in [0.2, 0.25) is 0 Å². The number of aryl methyl sites for hydroxylation is 2. The number of carbonyl (C=O) groups is 2. The van der Waals surface area contributed by atoms with E-state index in [0.717, 1.165) is 22.7 Å². The monoisotopic (exact) mass is 350 g/mol. The van der Waals surface area contributed by atoms with Gasteiger partial charge in [0.15, 0.2) is 0 Å². The van der Waals surface area contributed by atoms with Gasteiger partial charge in [-0.1, -0.05) is 13.0 Å². The molecule has 2 rings (SSSR count). The molecular formula is C17H20F2N4O2. The number of carbonyl (C=O) groups excluding carboxylic acids is 2. The molecule has 134 valence electrons. The normalized spacial score (nSPS) is 10.8. The first-order valence-corrected chi connectivity index (χ1v) is 7.85. The van der Waals surface area contributed by atoms with E-state index in [1.165, 1.54) is 7.05 Å². The molecule has 0 saturated carbocycles. The molecule has 0 aliphatic heterocycles. The van der Waals surface area contributed by atoms with E-state index in [1.54, 1.807) is 25.1 Å². The van der Waals surface area contributed by atoms with Crippen molar-refractivity contribution in [2.75, 3.05) is 11.9 Å². The summed E-state index contributed by atoms with van der Waals surface area (Å²) in [6.45, 7) is 4.28. The molecular weight excluding hydrogens is 330 g/mol. The van der Waals surface area contributed by atoms with Crippen LogP contribution in [0.4, 0.5) is 14.5 Å². The highest BCUT2D eigenvalue weighted by molar-refractivity contribution is 6.04. The van der Waals surface area contributed by atoms with E-state index in [1.807, 2.05) is 6.92 Å². The number of hydrogen-bond acceptors (Lipinski definition) is 3. The number of hydrogen-bond donors (Lipinski definition) is 2. The van der Waals surface area contributed by atoms with Crippen molar-refractivity contribution in [1.29, 1.82) is 0 Å². The molecule has 0 aliphatic carbocycles. The lowest BCUT2D eigenvalue weighted by Crippen LogP contribution is -2.24. The molecule has 0 unspecified atom stereocenters. The third kappa shape index (κ3) is 4.40. The maximum atomic E-state index is 12.7. The predicted molar refractivity (Wildman–Crippen MR) is 89.9 cm³/mol. The summed E-state index contributed by atoms with van der Waals surface area (Å²) < 4.78 is 26.5. The molecule has 1 heterocycles. The first-order chi connectivity index (χ1) is 11.8. The number of anilines is 1. The van der Waals surface area contributed by atoms with Gasteiger partial charge in [-0.05, 0) is 37.1 Å². The van der Waals surface area contributed by atoms with Crippen molar-refractivity contribution >= 4 is 17.5 Å². The second-order valence-corrected chi connectivity index (χ2v) is 5.62. The highest BCUT2D eigenvalue weighted by Gasteiger charge is 2.19. The molecule has 6 nitrogen and oxygen atoms in total. The lowest BCUT2D eigenvalue weighted by atomic mass is 10.1. The molecule has 1 aromatic heterocycles. The van der Waals surface area contributed by atoms with E-state index in [4.69, 9.17) is 0 Å². The average molecular weight is 350 g/mol. The van der Waals surface area contributed by atoms with Crippen LogP contribution in [0.1, 0.15) is 51.9 Å². The van der Waals surface area contributed by atoms with Crippen molar-refractivity contribution in [2.45, 2.75) is 26.7 Å². The van der Waals surface area contributed by atoms with Crippen molar-refractivity contribution < 1.29 is 18.4 Å². The topological polar surface area (TPSA) is 76.0 Å². The van der Waals surface area contributed by atoms with Gasteiger partial charge < -0.3 is 10.6 Å². The Hall–Kier alpha value is -2.77. The van der Waals surface area contributed by atoms with E-state index in [-0.39, 0.29) is 11.6 Å². The van der Waals surface area contributed by atoms with Gasteiger partial charge >= 0.3 is 0 Å². The van der Waals surface area contributed by atoms with E-state index in [9.17, 15) is 18.4 Å². The Morgan fingerprint density at radius 3 is 2.56 bits per heavy atom.